The largest absolute Gasteiger partial charge is 0.368 e. The average Bonchev–Trinajstić information content (AvgIpc) is 2.66. The van der Waals surface area contributed by atoms with E-state index in [1.54, 1.807) is 0 Å². The van der Waals surface area contributed by atoms with Crippen LogP contribution < -0.4 is 11.2 Å². The van der Waals surface area contributed by atoms with E-state index in [-0.39, 0.29) is 18.4 Å². The first kappa shape index (κ1) is 8.99. The number of amides is 2. The molecule has 0 aromatic carbocycles. The highest BCUT2D eigenvalue weighted by molar-refractivity contribution is 5.81. The van der Waals surface area contributed by atoms with Crippen molar-refractivity contribution in [3.05, 3.63) is 0 Å². The molecule has 1 rings (SSSR count). The summed E-state index contributed by atoms with van der Waals surface area (Å²) < 4.78 is 0. The third-order valence-corrected chi connectivity index (χ3v) is 1.83. The Morgan fingerprint density at radius 1 is 1.67 bits per heavy atom. The monoisotopic (exact) mass is 172 g/mol. The lowest BCUT2D eigenvalue weighted by Gasteiger charge is -2.01. The zero-order chi connectivity index (χ0) is 9.14. The predicted octanol–water partition coefficient (Wildman–Crippen LogP) is -0.824. The standard InChI is InChI=1S/C7H12N2O3/c1-4-2-5(4)7(11)9-12-3-6(8)10/h4-5H,2-3H2,1H3,(H2,8,10)(H,9,11). The molecule has 0 spiro atoms. The molecule has 0 aliphatic heterocycles. The summed E-state index contributed by atoms with van der Waals surface area (Å²) in [6, 6.07) is 0. The van der Waals surface area contributed by atoms with E-state index < -0.39 is 5.91 Å². The second kappa shape index (κ2) is 3.53. The zero-order valence-corrected chi connectivity index (χ0v) is 6.87. The van der Waals surface area contributed by atoms with Crippen LogP contribution in [0, 0.1) is 11.8 Å². The number of carbonyl (C=O) groups excluding carboxylic acids is 2. The van der Waals surface area contributed by atoms with Crippen LogP contribution in [0.2, 0.25) is 0 Å². The molecule has 0 saturated heterocycles. The summed E-state index contributed by atoms with van der Waals surface area (Å²) in [4.78, 5) is 25.7. The van der Waals surface area contributed by atoms with Crippen LogP contribution >= 0.6 is 0 Å². The molecular formula is C7H12N2O3. The number of primary amides is 1. The Labute approximate surface area is 70.2 Å². The molecular weight excluding hydrogens is 160 g/mol. The van der Waals surface area contributed by atoms with Gasteiger partial charge in [0.05, 0.1) is 0 Å². The average molecular weight is 172 g/mol. The Balaban J connectivity index is 2.07. The van der Waals surface area contributed by atoms with Gasteiger partial charge in [0.2, 0.25) is 11.8 Å². The van der Waals surface area contributed by atoms with E-state index in [9.17, 15) is 9.59 Å². The van der Waals surface area contributed by atoms with Crippen molar-refractivity contribution in [2.75, 3.05) is 6.61 Å². The molecule has 68 valence electrons. The second-order valence-corrected chi connectivity index (χ2v) is 3.04. The SMILES string of the molecule is CC1CC1C(=O)NOCC(N)=O. The van der Waals surface area contributed by atoms with Gasteiger partial charge in [-0.15, -0.1) is 0 Å². The highest BCUT2D eigenvalue weighted by Crippen LogP contribution is 2.37. The van der Waals surface area contributed by atoms with Crippen LogP contribution in [0.1, 0.15) is 13.3 Å². The van der Waals surface area contributed by atoms with Gasteiger partial charge in [0.25, 0.3) is 0 Å². The molecule has 2 unspecified atom stereocenters. The van der Waals surface area contributed by atoms with Gasteiger partial charge < -0.3 is 5.73 Å². The van der Waals surface area contributed by atoms with Crippen LogP contribution in [0.4, 0.5) is 0 Å². The minimum atomic E-state index is -0.598. The lowest BCUT2D eigenvalue weighted by atomic mass is 10.3. The maximum absolute atomic E-state index is 11.0. The van der Waals surface area contributed by atoms with Gasteiger partial charge in [0.1, 0.15) is 0 Å². The van der Waals surface area contributed by atoms with Gasteiger partial charge >= 0.3 is 0 Å². The maximum atomic E-state index is 11.0. The number of hydroxylamine groups is 1. The Hall–Kier alpha value is -1.10. The van der Waals surface area contributed by atoms with E-state index in [4.69, 9.17) is 5.73 Å². The summed E-state index contributed by atoms with van der Waals surface area (Å²) in [5.41, 5.74) is 6.95. The van der Waals surface area contributed by atoms with Crippen molar-refractivity contribution in [1.29, 1.82) is 0 Å². The minimum Gasteiger partial charge on any atom is -0.368 e. The summed E-state index contributed by atoms with van der Waals surface area (Å²) >= 11 is 0. The van der Waals surface area contributed by atoms with Crippen molar-refractivity contribution in [3.63, 3.8) is 0 Å². The molecule has 0 aromatic heterocycles. The number of nitrogens with one attached hydrogen (secondary N) is 1. The molecule has 1 saturated carbocycles. The summed E-state index contributed by atoms with van der Waals surface area (Å²) in [5, 5.41) is 0. The van der Waals surface area contributed by atoms with Crippen molar-refractivity contribution in [1.82, 2.24) is 5.48 Å². The second-order valence-electron chi connectivity index (χ2n) is 3.04. The van der Waals surface area contributed by atoms with Gasteiger partial charge in [0, 0.05) is 5.92 Å². The number of rotatable bonds is 4. The third-order valence-electron chi connectivity index (χ3n) is 1.83. The minimum absolute atomic E-state index is 0.0536. The van der Waals surface area contributed by atoms with Gasteiger partial charge in [-0.3, -0.25) is 14.4 Å². The van der Waals surface area contributed by atoms with Gasteiger partial charge in [0.15, 0.2) is 6.61 Å². The molecule has 5 nitrogen and oxygen atoms in total. The molecule has 1 aliphatic rings. The lowest BCUT2D eigenvalue weighted by molar-refractivity contribution is -0.139. The third kappa shape index (κ3) is 2.50. The number of carbonyl (C=O) groups is 2. The number of nitrogens with two attached hydrogens (primary N) is 1. The van der Waals surface area contributed by atoms with Crippen LogP contribution in [0.25, 0.3) is 0 Å². The summed E-state index contributed by atoms with van der Waals surface area (Å²) in [7, 11) is 0. The smallest absolute Gasteiger partial charge is 0.246 e. The molecule has 3 N–H and O–H groups in total. The quantitative estimate of drug-likeness (QED) is 0.543. The molecule has 0 bridgehead atoms. The van der Waals surface area contributed by atoms with E-state index in [1.165, 1.54) is 0 Å². The van der Waals surface area contributed by atoms with Crippen molar-refractivity contribution in [2.45, 2.75) is 13.3 Å². The van der Waals surface area contributed by atoms with Crippen LogP contribution in [0.3, 0.4) is 0 Å². The normalized spacial score (nSPS) is 26.4. The Kier molecular flexibility index (Phi) is 2.65. The molecule has 0 heterocycles. The molecule has 0 radical (unpaired) electrons. The van der Waals surface area contributed by atoms with Crippen molar-refractivity contribution in [3.8, 4) is 0 Å². The summed E-state index contributed by atoms with van der Waals surface area (Å²) in [6.45, 7) is 1.71. The zero-order valence-electron chi connectivity index (χ0n) is 6.87. The van der Waals surface area contributed by atoms with E-state index in [1.807, 2.05) is 6.92 Å². The van der Waals surface area contributed by atoms with E-state index in [0.29, 0.717) is 5.92 Å². The Morgan fingerprint density at radius 3 is 2.67 bits per heavy atom. The molecule has 1 fully saturated rings. The first-order valence-electron chi connectivity index (χ1n) is 3.81. The van der Waals surface area contributed by atoms with Gasteiger partial charge in [-0.1, -0.05) is 6.92 Å². The van der Waals surface area contributed by atoms with Crippen LogP contribution in [-0.4, -0.2) is 18.4 Å². The van der Waals surface area contributed by atoms with Crippen LogP contribution in [-0.2, 0) is 14.4 Å². The number of hydrogen-bond acceptors (Lipinski definition) is 3. The lowest BCUT2D eigenvalue weighted by Crippen LogP contribution is -2.30. The topological polar surface area (TPSA) is 81.4 Å². The first-order chi connectivity index (χ1) is 5.61. The van der Waals surface area contributed by atoms with Crippen LogP contribution in [0.15, 0.2) is 0 Å². The fourth-order valence-corrected chi connectivity index (χ4v) is 0.941. The summed E-state index contributed by atoms with van der Waals surface area (Å²) in [5.74, 6) is -0.275. The van der Waals surface area contributed by atoms with Crippen molar-refractivity contribution >= 4 is 11.8 Å². The first-order valence-corrected chi connectivity index (χ1v) is 3.81. The van der Waals surface area contributed by atoms with Gasteiger partial charge in [-0.25, -0.2) is 5.48 Å². The fourth-order valence-electron chi connectivity index (χ4n) is 0.941. The fraction of sp³-hybridized carbons (Fsp3) is 0.714. The molecule has 12 heavy (non-hydrogen) atoms. The van der Waals surface area contributed by atoms with Crippen molar-refractivity contribution < 1.29 is 14.4 Å². The van der Waals surface area contributed by atoms with Crippen molar-refractivity contribution in [2.24, 2.45) is 17.6 Å². The van der Waals surface area contributed by atoms with E-state index in [0.717, 1.165) is 6.42 Å². The molecule has 1 aliphatic carbocycles. The molecule has 2 amide bonds. The molecule has 2 atom stereocenters. The van der Waals surface area contributed by atoms with E-state index >= 15 is 0 Å². The highest BCUT2D eigenvalue weighted by Gasteiger charge is 2.39. The Bertz CT molecular complexity index is 205. The van der Waals surface area contributed by atoms with Gasteiger partial charge in [-0.05, 0) is 12.3 Å². The highest BCUT2D eigenvalue weighted by atomic mass is 16.7. The van der Waals surface area contributed by atoms with E-state index in [2.05, 4.69) is 10.3 Å². The maximum Gasteiger partial charge on any atom is 0.246 e. The Morgan fingerprint density at radius 2 is 2.25 bits per heavy atom. The molecule has 5 heteroatoms. The van der Waals surface area contributed by atoms with Gasteiger partial charge in [-0.2, -0.15) is 0 Å². The predicted molar refractivity (Wildman–Crippen MR) is 40.6 cm³/mol. The summed E-state index contributed by atoms with van der Waals surface area (Å²) in [6.07, 6.45) is 0.895. The number of hydrogen-bond donors (Lipinski definition) is 2. The van der Waals surface area contributed by atoms with Crippen LogP contribution in [0.5, 0.6) is 0 Å². The molecule has 0 aromatic rings.